The average molecular weight is 300 g/mol. The molecule has 0 bridgehead atoms. The molecule has 1 amide bonds. The third-order valence-corrected chi connectivity index (χ3v) is 3.98. The van der Waals surface area contributed by atoms with Gasteiger partial charge < -0.3 is 5.32 Å². The smallest absolute Gasteiger partial charge is 0.275 e. The Bertz CT molecular complexity index is 720. The minimum absolute atomic E-state index is 0.202. The highest BCUT2D eigenvalue weighted by atomic mass is 32.1. The Morgan fingerprint density at radius 1 is 1.19 bits per heavy atom. The van der Waals surface area contributed by atoms with Crippen LogP contribution in [-0.4, -0.2) is 11.7 Å². The molecule has 2 aromatic rings. The van der Waals surface area contributed by atoms with Crippen LogP contribution >= 0.6 is 11.3 Å². The normalized spacial score (nSPS) is 16.1. The van der Waals surface area contributed by atoms with Gasteiger partial charge in [-0.2, -0.15) is 0 Å². The molecular formula is C16H13FN2OS. The summed E-state index contributed by atoms with van der Waals surface area (Å²) in [5.41, 5.74) is 1.03. The van der Waals surface area contributed by atoms with Gasteiger partial charge in [0.2, 0.25) is 0 Å². The standard InChI is InChI=1S/C16H13FN2OS/c17-13-6-2-1-4-11(13)7-8-15-18-14(16(20)19-15)10-12-5-3-9-21-12/h1-6,9-10H,7-8H2,(H,18,19,20)/b14-10+. The summed E-state index contributed by atoms with van der Waals surface area (Å²) < 4.78 is 13.5. The van der Waals surface area contributed by atoms with E-state index < -0.39 is 0 Å². The molecule has 21 heavy (non-hydrogen) atoms. The minimum atomic E-state index is -0.225. The molecule has 0 atom stereocenters. The topological polar surface area (TPSA) is 41.5 Å². The van der Waals surface area contributed by atoms with Gasteiger partial charge >= 0.3 is 0 Å². The number of amidine groups is 1. The van der Waals surface area contributed by atoms with Crippen LogP contribution in [0.2, 0.25) is 0 Å². The van der Waals surface area contributed by atoms with E-state index in [-0.39, 0.29) is 11.7 Å². The summed E-state index contributed by atoms with van der Waals surface area (Å²) in [6, 6.07) is 10.5. The molecule has 3 rings (SSSR count). The van der Waals surface area contributed by atoms with Crippen LogP contribution in [0.4, 0.5) is 4.39 Å². The van der Waals surface area contributed by atoms with E-state index in [1.807, 2.05) is 17.5 Å². The fourth-order valence-corrected chi connectivity index (χ4v) is 2.75. The van der Waals surface area contributed by atoms with Gasteiger partial charge in [-0.25, -0.2) is 9.38 Å². The van der Waals surface area contributed by atoms with Gasteiger partial charge in [0.05, 0.1) is 0 Å². The molecule has 0 unspecified atom stereocenters. The monoisotopic (exact) mass is 300 g/mol. The van der Waals surface area contributed by atoms with Gasteiger partial charge in [-0.3, -0.25) is 4.79 Å². The van der Waals surface area contributed by atoms with Crippen molar-refractivity contribution in [2.24, 2.45) is 4.99 Å². The Morgan fingerprint density at radius 3 is 2.81 bits per heavy atom. The van der Waals surface area contributed by atoms with Crippen LogP contribution in [0.3, 0.4) is 0 Å². The number of benzene rings is 1. The molecule has 2 heterocycles. The first-order chi connectivity index (χ1) is 10.2. The molecule has 1 N–H and O–H groups in total. The number of thiophene rings is 1. The van der Waals surface area contributed by atoms with Gasteiger partial charge in [-0.1, -0.05) is 24.3 Å². The number of carbonyl (C=O) groups excluding carboxylic acids is 1. The molecule has 0 saturated carbocycles. The fourth-order valence-electron chi connectivity index (χ4n) is 2.10. The first kappa shape index (κ1) is 13.7. The van der Waals surface area contributed by atoms with Gasteiger partial charge in [0, 0.05) is 11.3 Å². The molecule has 0 fully saturated rings. The first-order valence-electron chi connectivity index (χ1n) is 6.60. The number of aliphatic imine (C=N–C) groups is 1. The zero-order chi connectivity index (χ0) is 14.7. The predicted octanol–water partition coefficient (Wildman–Crippen LogP) is 3.39. The second-order valence-electron chi connectivity index (χ2n) is 4.65. The van der Waals surface area contributed by atoms with Crippen molar-refractivity contribution in [3.8, 4) is 0 Å². The van der Waals surface area contributed by atoms with Crippen LogP contribution in [0.1, 0.15) is 16.9 Å². The highest BCUT2D eigenvalue weighted by Gasteiger charge is 2.19. The van der Waals surface area contributed by atoms with Crippen LogP contribution in [0.15, 0.2) is 52.5 Å². The van der Waals surface area contributed by atoms with Crippen molar-refractivity contribution in [2.75, 3.05) is 0 Å². The van der Waals surface area contributed by atoms with Gasteiger partial charge in [0.15, 0.2) is 0 Å². The molecule has 1 aliphatic rings. The molecule has 0 aliphatic carbocycles. The van der Waals surface area contributed by atoms with Crippen molar-refractivity contribution in [2.45, 2.75) is 12.8 Å². The van der Waals surface area contributed by atoms with E-state index in [2.05, 4.69) is 10.3 Å². The maximum atomic E-state index is 13.5. The number of aryl methyl sites for hydroxylation is 1. The SMILES string of the molecule is O=C1NC(CCc2ccccc2F)=N/C1=C/c1cccs1. The summed E-state index contributed by atoms with van der Waals surface area (Å²) in [5.74, 6) is 0.162. The Kier molecular flexibility index (Phi) is 3.92. The van der Waals surface area contributed by atoms with Gasteiger partial charge in [0.25, 0.3) is 5.91 Å². The highest BCUT2D eigenvalue weighted by Crippen LogP contribution is 2.17. The summed E-state index contributed by atoms with van der Waals surface area (Å²) in [5, 5.41) is 4.68. The fraction of sp³-hybridized carbons (Fsp3) is 0.125. The lowest BCUT2D eigenvalue weighted by atomic mass is 10.1. The maximum absolute atomic E-state index is 13.5. The average Bonchev–Trinajstić information content (AvgIpc) is 3.09. The summed E-state index contributed by atoms with van der Waals surface area (Å²) in [4.78, 5) is 17.1. The number of carbonyl (C=O) groups is 1. The molecule has 0 spiro atoms. The van der Waals surface area contributed by atoms with Crippen molar-refractivity contribution in [3.05, 3.63) is 63.7 Å². The van der Waals surface area contributed by atoms with E-state index in [0.717, 1.165) is 4.88 Å². The second kappa shape index (κ2) is 6.01. The summed E-state index contributed by atoms with van der Waals surface area (Å²) in [6.45, 7) is 0. The van der Waals surface area contributed by atoms with Crippen molar-refractivity contribution in [3.63, 3.8) is 0 Å². The lowest BCUT2D eigenvalue weighted by molar-refractivity contribution is -0.115. The minimum Gasteiger partial charge on any atom is -0.309 e. The quantitative estimate of drug-likeness (QED) is 0.864. The molecule has 1 aliphatic heterocycles. The second-order valence-corrected chi connectivity index (χ2v) is 5.63. The molecule has 1 aromatic heterocycles. The molecule has 5 heteroatoms. The third kappa shape index (κ3) is 3.25. The highest BCUT2D eigenvalue weighted by molar-refractivity contribution is 7.10. The number of hydrogen-bond donors (Lipinski definition) is 1. The zero-order valence-electron chi connectivity index (χ0n) is 11.2. The Morgan fingerprint density at radius 2 is 2.05 bits per heavy atom. The zero-order valence-corrected chi connectivity index (χ0v) is 12.0. The van der Waals surface area contributed by atoms with Crippen molar-refractivity contribution in [1.29, 1.82) is 0 Å². The van der Waals surface area contributed by atoms with Crippen LogP contribution in [0, 0.1) is 5.82 Å². The van der Waals surface area contributed by atoms with Crippen LogP contribution < -0.4 is 5.32 Å². The molecule has 106 valence electrons. The number of hydrogen-bond acceptors (Lipinski definition) is 3. The van der Waals surface area contributed by atoms with Crippen molar-refractivity contribution >= 4 is 29.2 Å². The molecule has 3 nitrogen and oxygen atoms in total. The van der Waals surface area contributed by atoms with Gasteiger partial charge in [-0.15, -0.1) is 11.3 Å². The van der Waals surface area contributed by atoms with E-state index in [1.54, 1.807) is 35.6 Å². The maximum Gasteiger partial charge on any atom is 0.275 e. The van der Waals surface area contributed by atoms with Crippen LogP contribution in [0.25, 0.3) is 6.08 Å². The molecule has 1 aromatic carbocycles. The molecule has 0 saturated heterocycles. The number of nitrogens with zero attached hydrogens (tertiary/aromatic N) is 1. The van der Waals surface area contributed by atoms with E-state index >= 15 is 0 Å². The first-order valence-corrected chi connectivity index (χ1v) is 7.48. The summed E-state index contributed by atoms with van der Waals surface area (Å²) in [7, 11) is 0. The molecular weight excluding hydrogens is 287 g/mol. The van der Waals surface area contributed by atoms with Gasteiger partial charge in [-0.05, 0) is 35.6 Å². The van der Waals surface area contributed by atoms with E-state index in [9.17, 15) is 9.18 Å². The largest absolute Gasteiger partial charge is 0.309 e. The van der Waals surface area contributed by atoms with E-state index in [1.165, 1.54) is 6.07 Å². The Hall–Kier alpha value is -2.27. The Balaban J connectivity index is 1.70. The third-order valence-electron chi connectivity index (χ3n) is 3.16. The summed E-state index contributed by atoms with van der Waals surface area (Å²) in [6.07, 6.45) is 2.78. The lowest BCUT2D eigenvalue weighted by Crippen LogP contribution is -2.24. The Labute approximate surface area is 125 Å². The predicted molar refractivity (Wildman–Crippen MR) is 82.6 cm³/mol. The van der Waals surface area contributed by atoms with E-state index in [0.29, 0.717) is 29.9 Å². The van der Waals surface area contributed by atoms with Crippen molar-refractivity contribution < 1.29 is 9.18 Å². The van der Waals surface area contributed by atoms with Crippen molar-refractivity contribution in [1.82, 2.24) is 5.32 Å². The van der Waals surface area contributed by atoms with Crippen LogP contribution in [-0.2, 0) is 11.2 Å². The number of amides is 1. The molecule has 0 radical (unpaired) electrons. The van der Waals surface area contributed by atoms with E-state index in [4.69, 9.17) is 0 Å². The number of nitrogens with one attached hydrogen (secondary N) is 1. The van der Waals surface area contributed by atoms with Crippen LogP contribution in [0.5, 0.6) is 0 Å². The summed E-state index contributed by atoms with van der Waals surface area (Å²) >= 11 is 1.55. The lowest BCUT2D eigenvalue weighted by Gasteiger charge is -2.02. The number of halogens is 1. The van der Waals surface area contributed by atoms with Gasteiger partial charge in [0.1, 0.15) is 17.3 Å². The number of rotatable bonds is 4.